The number of sulfonamides is 1. The Kier molecular flexibility index (Phi) is 3.89. The molecule has 1 N–H and O–H groups in total. The first-order valence-electron chi connectivity index (χ1n) is 6.74. The number of nitrogens with one attached hydrogen (secondary N) is 1. The molecule has 0 aliphatic rings. The van der Waals surface area contributed by atoms with Crippen molar-refractivity contribution < 1.29 is 8.42 Å². The van der Waals surface area contributed by atoms with Crippen molar-refractivity contribution in [3.8, 4) is 0 Å². The van der Waals surface area contributed by atoms with Crippen LogP contribution in [0.2, 0.25) is 0 Å². The number of hydrogen-bond donors (Lipinski definition) is 1. The van der Waals surface area contributed by atoms with Gasteiger partial charge in [-0.15, -0.1) is 0 Å². The van der Waals surface area contributed by atoms with Gasteiger partial charge in [0.05, 0.1) is 16.6 Å². The third-order valence-electron chi connectivity index (χ3n) is 3.12. The lowest BCUT2D eigenvalue weighted by atomic mass is 10.2. The van der Waals surface area contributed by atoms with Crippen LogP contribution in [0.5, 0.6) is 0 Å². The van der Waals surface area contributed by atoms with Crippen molar-refractivity contribution in [1.82, 2.24) is 4.98 Å². The third-order valence-corrected chi connectivity index (χ3v) is 4.12. The zero-order valence-corrected chi connectivity index (χ0v) is 12.5. The molecule has 0 aliphatic carbocycles. The van der Waals surface area contributed by atoms with E-state index in [9.17, 15) is 8.42 Å². The molecule has 1 heterocycles. The van der Waals surface area contributed by atoms with E-state index in [4.69, 9.17) is 0 Å². The second kappa shape index (κ2) is 5.99. The van der Waals surface area contributed by atoms with Gasteiger partial charge >= 0.3 is 0 Å². The Hall–Kier alpha value is -2.66. The van der Waals surface area contributed by atoms with Crippen molar-refractivity contribution in [2.75, 3.05) is 4.72 Å². The molecule has 1 aromatic heterocycles. The molecule has 3 rings (SSSR count). The fourth-order valence-corrected chi connectivity index (χ4v) is 2.98. The molecular weight excluding hydrogens is 296 g/mol. The minimum atomic E-state index is -3.59. The molecular formula is C17H14N2O2S. The summed E-state index contributed by atoms with van der Waals surface area (Å²) in [5.74, 6) is 0. The second-order valence-corrected chi connectivity index (χ2v) is 6.31. The fourth-order valence-electron chi connectivity index (χ4n) is 2.11. The predicted octanol–water partition coefficient (Wildman–Crippen LogP) is 3.65. The maximum absolute atomic E-state index is 12.2. The number of anilines is 1. The Balaban J connectivity index is 1.89. The standard InChI is InChI=1S/C17H14N2O2S/c20-22(21,13-11-14-6-2-1-3-7-14)19-16-10-4-8-15-9-5-12-18-17(15)16/h1-13,19H. The first-order chi connectivity index (χ1) is 10.6. The average molecular weight is 310 g/mol. The van der Waals surface area contributed by atoms with Crippen LogP contribution < -0.4 is 4.72 Å². The first-order valence-corrected chi connectivity index (χ1v) is 8.28. The van der Waals surface area contributed by atoms with E-state index in [0.717, 1.165) is 16.4 Å². The number of fused-ring (bicyclic) bond motifs is 1. The Labute approximate surface area is 129 Å². The molecule has 3 aromatic rings. The molecule has 110 valence electrons. The topological polar surface area (TPSA) is 59.1 Å². The highest BCUT2D eigenvalue weighted by atomic mass is 32.2. The number of aromatic nitrogens is 1. The minimum Gasteiger partial charge on any atom is -0.278 e. The number of hydrogen-bond acceptors (Lipinski definition) is 3. The Bertz CT molecular complexity index is 914. The van der Waals surface area contributed by atoms with Crippen molar-refractivity contribution in [3.05, 3.63) is 77.8 Å². The molecule has 0 radical (unpaired) electrons. The highest BCUT2D eigenvalue weighted by Gasteiger charge is 2.09. The van der Waals surface area contributed by atoms with Gasteiger partial charge in [0.1, 0.15) is 0 Å². The summed E-state index contributed by atoms with van der Waals surface area (Å²) < 4.78 is 26.9. The maximum atomic E-state index is 12.2. The van der Waals surface area contributed by atoms with E-state index in [-0.39, 0.29) is 0 Å². The van der Waals surface area contributed by atoms with Gasteiger partial charge in [0, 0.05) is 11.6 Å². The quantitative estimate of drug-likeness (QED) is 0.800. The number of nitrogens with zero attached hydrogens (tertiary/aromatic N) is 1. The SMILES string of the molecule is O=S(=O)(C=Cc1ccccc1)Nc1cccc2cccnc12. The fraction of sp³-hybridized carbons (Fsp3) is 0. The lowest BCUT2D eigenvalue weighted by Gasteiger charge is -2.07. The van der Waals surface area contributed by atoms with Gasteiger partial charge < -0.3 is 0 Å². The van der Waals surface area contributed by atoms with Gasteiger partial charge in [0.2, 0.25) is 0 Å². The lowest BCUT2D eigenvalue weighted by molar-refractivity contribution is 0.609. The third kappa shape index (κ3) is 3.32. The summed E-state index contributed by atoms with van der Waals surface area (Å²) in [5, 5.41) is 2.04. The molecule has 0 spiro atoms. The number of para-hydroxylation sites is 1. The zero-order valence-electron chi connectivity index (χ0n) is 11.7. The van der Waals surface area contributed by atoms with Crippen molar-refractivity contribution in [2.45, 2.75) is 0 Å². The largest absolute Gasteiger partial charge is 0.278 e. The number of benzene rings is 2. The monoisotopic (exact) mass is 310 g/mol. The maximum Gasteiger partial charge on any atom is 0.255 e. The highest BCUT2D eigenvalue weighted by molar-refractivity contribution is 7.95. The van der Waals surface area contributed by atoms with E-state index in [0.29, 0.717) is 11.2 Å². The van der Waals surface area contributed by atoms with Gasteiger partial charge in [0.25, 0.3) is 10.0 Å². The van der Waals surface area contributed by atoms with Gasteiger partial charge in [-0.25, -0.2) is 8.42 Å². The molecule has 0 bridgehead atoms. The molecule has 5 heteroatoms. The minimum absolute atomic E-state index is 0.468. The van der Waals surface area contributed by atoms with Crippen molar-refractivity contribution in [3.63, 3.8) is 0 Å². The van der Waals surface area contributed by atoms with Crippen molar-refractivity contribution in [1.29, 1.82) is 0 Å². The Morgan fingerprint density at radius 2 is 1.68 bits per heavy atom. The molecule has 0 atom stereocenters. The smallest absolute Gasteiger partial charge is 0.255 e. The van der Waals surface area contributed by atoms with Gasteiger partial charge in [-0.3, -0.25) is 9.71 Å². The normalized spacial score (nSPS) is 11.8. The molecule has 4 nitrogen and oxygen atoms in total. The van der Waals surface area contributed by atoms with Crippen LogP contribution in [-0.4, -0.2) is 13.4 Å². The van der Waals surface area contributed by atoms with Crippen LogP contribution in [0.4, 0.5) is 5.69 Å². The Morgan fingerprint density at radius 1 is 0.909 bits per heavy atom. The summed E-state index contributed by atoms with van der Waals surface area (Å²) in [6.45, 7) is 0. The summed E-state index contributed by atoms with van der Waals surface area (Å²) in [6, 6.07) is 18.4. The van der Waals surface area contributed by atoms with E-state index in [1.165, 1.54) is 0 Å². The van der Waals surface area contributed by atoms with Gasteiger partial charge in [-0.1, -0.05) is 48.5 Å². The van der Waals surface area contributed by atoms with E-state index in [1.807, 2.05) is 48.5 Å². The van der Waals surface area contributed by atoms with Crippen LogP contribution >= 0.6 is 0 Å². The molecule has 0 fully saturated rings. The summed E-state index contributed by atoms with van der Waals surface area (Å²) >= 11 is 0. The molecule has 0 aliphatic heterocycles. The zero-order chi connectivity index (χ0) is 15.4. The lowest BCUT2D eigenvalue weighted by Crippen LogP contribution is -2.09. The van der Waals surface area contributed by atoms with E-state index < -0.39 is 10.0 Å². The van der Waals surface area contributed by atoms with Crippen LogP contribution in [-0.2, 0) is 10.0 Å². The highest BCUT2D eigenvalue weighted by Crippen LogP contribution is 2.22. The molecule has 0 amide bonds. The van der Waals surface area contributed by atoms with Crippen LogP contribution in [0.15, 0.2) is 72.3 Å². The number of rotatable bonds is 4. The summed E-state index contributed by atoms with van der Waals surface area (Å²) in [5.41, 5.74) is 1.92. The predicted molar refractivity (Wildman–Crippen MR) is 89.8 cm³/mol. The molecule has 2 aromatic carbocycles. The summed E-state index contributed by atoms with van der Waals surface area (Å²) in [7, 11) is -3.59. The van der Waals surface area contributed by atoms with E-state index >= 15 is 0 Å². The number of pyridine rings is 1. The van der Waals surface area contributed by atoms with E-state index in [2.05, 4.69) is 9.71 Å². The van der Waals surface area contributed by atoms with Crippen molar-refractivity contribution in [2.24, 2.45) is 0 Å². The molecule has 0 unspecified atom stereocenters. The van der Waals surface area contributed by atoms with Crippen LogP contribution in [0, 0.1) is 0 Å². The van der Waals surface area contributed by atoms with Crippen molar-refractivity contribution >= 4 is 32.7 Å². The molecule has 22 heavy (non-hydrogen) atoms. The van der Waals surface area contributed by atoms with Crippen LogP contribution in [0.1, 0.15) is 5.56 Å². The summed E-state index contributed by atoms with van der Waals surface area (Å²) in [6.07, 6.45) is 3.20. The van der Waals surface area contributed by atoms with Gasteiger partial charge in [-0.2, -0.15) is 0 Å². The van der Waals surface area contributed by atoms with E-state index in [1.54, 1.807) is 24.4 Å². The average Bonchev–Trinajstić information content (AvgIpc) is 2.54. The van der Waals surface area contributed by atoms with Crippen LogP contribution in [0.25, 0.3) is 17.0 Å². The summed E-state index contributed by atoms with van der Waals surface area (Å²) in [4.78, 5) is 4.23. The first kappa shape index (κ1) is 14.3. The van der Waals surface area contributed by atoms with Gasteiger partial charge in [-0.05, 0) is 23.8 Å². The second-order valence-electron chi connectivity index (χ2n) is 4.74. The molecule has 0 saturated heterocycles. The molecule has 0 saturated carbocycles. The van der Waals surface area contributed by atoms with Crippen LogP contribution in [0.3, 0.4) is 0 Å². The Morgan fingerprint density at radius 3 is 2.50 bits per heavy atom. The van der Waals surface area contributed by atoms with Gasteiger partial charge in [0.15, 0.2) is 0 Å².